The van der Waals surface area contributed by atoms with E-state index in [1.54, 1.807) is 0 Å². The van der Waals surface area contributed by atoms with Crippen LogP contribution >= 0.6 is 0 Å². The molecule has 0 aliphatic carbocycles. The molecule has 132 valence electrons. The van der Waals surface area contributed by atoms with E-state index in [4.69, 9.17) is 4.74 Å². The van der Waals surface area contributed by atoms with Gasteiger partial charge >= 0.3 is 0 Å². The molecule has 1 amide bonds. The average Bonchev–Trinajstić information content (AvgIpc) is 2.68. The summed E-state index contributed by atoms with van der Waals surface area (Å²) in [5.74, 6) is 0.718. The second-order valence-corrected chi connectivity index (χ2v) is 6.21. The van der Waals surface area contributed by atoms with Crippen LogP contribution in [0.5, 0.6) is 5.75 Å². The molecular weight excluding hydrogens is 324 g/mol. The minimum Gasteiger partial charge on any atom is -0.489 e. The van der Waals surface area contributed by atoms with Crippen LogP contribution in [0.3, 0.4) is 0 Å². The lowest BCUT2D eigenvalue weighted by molar-refractivity contribution is -0.711. The molecule has 0 aliphatic rings. The summed E-state index contributed by atoms with van der Waals surface area (Å²) in [6.07, 6.45) is 1.92. The molecule has 2 aromatic carbocycles. The van der Waals surface area contributed by atoms with E-state index in [9.17, 15) is 4.79 Å². The average molecular weight is 347 g/mol. The maximum atomic E-state index is 12.5. The first-order chi connectivity index (χ1) is 12.6. The van der Waals surface area contributed by atoms with Gasteiger partial charge in [-0.25, -0.2) is 0 Å². The summed E-state index contributed by atoms with van der Waals surface area (Å²) in [4.78, 5) is 12.5. The monoisotopic (exact) mass is 347 g/mol. The van der Waals surface area contributed by atoms with Crippen molar-refractivity contribution in [2.75, 3.05) is 5.32 Å². The predicted octanol–water partition coefficient (Wildman–Crippen LogP) is 4.06. The summed E-state index contributed by atoms with van der Waals surface area (Å²) in [7, 11) is 0. The molecule has 0 radical (unpaired) electrons. The SMILES string of the molecule is Cc1cccc[n+]1[C@H](C)C(=O)Nc1ccc(OCc2ccccc2)cc1. The predicted molar refractivity (Wildman–Crippen MR) is 102 cm³/mol. The summed E-state index contributed by atoms with van der Waals surface area (Å²) in [6, 6.07) is 23.1. The van der Waals surface area contributed by atoms with E-state index in [1.807, 2.05) is 97.4 Å². The highest BCUT2D eigenvalue weighted by Gasteiger charge is 2.23. The number of nitrogens with zero attached hydrogens (tertiary/aromatic N) is 1. The number of anilines is 1. The Hall–Kier alpha value is -3.14. The molecule has 0 bridgehead atoms. The summed E-state index contributed by atoms with van der Waals surface area (Å²) >= 11 is 0. The van der Waals surface area contributed by atoms with Gasteiger partial charge in [0.05, 0.1) is 0 Å². The Morgan fingerprint density at radius 2 is 1.69 bits per heavy atom. The van der Waals surface area contributed by atoms with Gasteiger partial charge in [-0.05, 0) is 29.8 Å². The molecule has 4 heteroatoms. The Balaban J connectivity index is 1.58. The van der Waals surface area contributed by atoms with Gasteiger partial charge in [-0.3, -0.25) is 4.79 Å². The number of hydrogen-bond acceptors (Lipinski definition) is 2. The normalized spacial score (nSPS) is 11.6. The van der Waals surface area contributed by atoms with Crippen LogP contribution in [0.1, 0.15) is 24.2 Å². The van der Waals surface area contributed by atoms with Gasteiger partial charge in [-0.1, -0.05) is 36.4 Å². The lowest BCUT2D eigenvalue weighted by Crippen LogP contribution is -2.46. The van der Waals surface area contributed by atoms with Gasteiger partial charge in [0.15, 0.2) is 11.9 Å². The van der Waals surface area contributed by atoms with E-state index in [0.29, 0.717) is 6.61 Å². The van der Waals surface area contributed by atoms with E-state index in [0.717, 1.165) is 22.7 Å². The summed E-state index contributed by atoms with van der Waals surface area (Å²) < 4.78 is 7.72. The lowest BCUT2D eigenvalue weighted by Gasteiger charge is -2.11. The van der Waals surface area contributed by atoms with Crippen LogP contribution in [0.15, 0.2) is 79.0 Å². The van der Waals surface area contributed by atoms with E-state index in [-0.39, 0.29) is 11.9 Å². The standard InChI is InChI=1S/C22H22N2O2/c1-17-8-6-7-15-24(17)18(2)22(25)23-20-11-13-21(14-12-20)26-16-19-9-4-3-5-10-19/h3-15,18H,16H2,1-2H3/p+1/t18-/m1/s1. The second kappa shape index (κ2) is 8.30. The number of aryl methyl sites for hydroxylation is 1. The molecule has 1 atom stereocenters. The van der Waals surface area contributed by atoms with Gasteiger partial charge in [-0.15, -0.1) is 0 Å². The maximum absolute atomic E-state index is 12.5. The van der Waals surface area contributed by atoms with E-state index < -0.39 is 0 Å². The number of amides is 1. The number of hydrogen-bond donors (Lipinski definition) is 1. The zero-order valence-electron chi connectivity index (χ0n) is 15.1. The third-order valence-corrected chi connectivity index (χ3v) is 4.27. The third kappa shape index (κ3) is 4.48. The minimum absolute atomic E-state index is 0.0535. The number of rotatable bonds is 6. The molecule has 1 aromatic heterocycles. The van der Waals surface area contributed by atoms with Crippen LogP contribution < -0.4 is 14.6 Å². The number of aromatic nitrogens is 1. The molecule has 0 saturated carbocycles. The molecular formula is C22H23N2O2+. The Bertz CT molecular complexity index is 861. The van der Waals surface area contributed by atoms with Crippen molar-refractivity contribution < 1.29 is 14.1 Å². The van der Waals surface area contributed by atoms with Gasteiger partial charge in [0.1, 0.15) is 12.4 Å². The first kappa shape index (κ1) is 17.7. The van der Waals surface area contributed by atoms with Crippen molar-refractivity contribution >= 4 is 11.6 Å². The molecule has 0 saturated heterocycles. The Morgan fingerprint density at radius 1 is 1.00 bits per heavy atom. The molecule has 0 aliphatic heterocycles. The molecule has 4 nitrogen and oxygen atoms in total. The zero-order chi connectivity index (χ0) is 18.4. The highest BCUT2D eigenvalue weighted by molar-refractivity contribution is 5.92. The van der Waals surface area contributed by atoms with Crippen LogP contribution in [0, 0.1) is 6.92 Å². The van der Waals surface area contributed by atoms with Gasteiger partial charge < -0.3 is 10.1 Å². The molecule has 1 N–H and O–H groups in total. The van der Waals surface area contributed by atoms with Crippen molar-refractivity contribution in [1.29, 1.82) is 0 Å². The molecule has 3 rings (SSSR count). The largest absolute Gasteiger partial charge is 0.489 e. The number of pyridine rings is 1. The van der Waals surface area contributed by atoms with E-state index >= 15 is 0 Å². The van der Waals surface area contributed by atoms with Gasteiger partial charge in [0.2, 0.25) is 6.04 Å². The van der Waals surface area contributed by atoms with Crippen LogP contribution in [0.4, 0.5) is 5.69 Å². The number of carbonyl (C=O) groups excluding carboxylic acids is 1. The molecule has 3 aromatic rings. The number of carbonyl (C=O) groups is 1. The van der Waals surface area contributed by atoms with E-state index in [1.165, 1.54) is 0 Å². The molecule has 0 spiro atoms. The number of benzene rings is 2. The van der Waals surface area contributed by atoms with Crippen molar-refractivity contribution in [3.8, 4) is 5.75 Å². The lowest BCUT2D eigenvalue weighted by atomic mass is 10.2. The zero-order valence-corrected chi connectivity index (χ0v) is 15.1. The van der Waals surface area contributed by atoms with Crippen molar-refractivity contribution in [1.82, 2.24) is 0 Å². The highest BCUT2D eigenvalue weighted by atomic mass is 16.5. The fraction of sp³-hybridized carbons (Fsp3) is 0.182. The van der Waals surface area contributed by atoms with Crippen molar-refractivity contribution in [2.45, 2.75) is 26.5 Å². The maximum Gasteiger partial charge on any atom is 0.293 e. The van der Waals surface area contributed by atoms with Crippen molar-refractivity contribution in [3.63, 3.8) is 0 Å². The van der Waals surface area contributed by atoms with Crippen molar-refractivity contribution in [3.05, 3.63) is 90.3 Å². The summed E-state index contributed by atoms with van der Waals surface area (Å²) in [5.41, 5.74) is 2.91. The molecule has 0 unspecified atom stereocenters. The third-order valence-electron chi connectivity index (χ3n) is 4.27. The van der Waals surface area contributed by atoms with Crippen LogP contribution in [0.2, 0.25) is 0 Å². The highest BCUT2D eigenvalue weighted by Crippen LogP contribution is 2.18. The quantitative estimate of drug-likeness (QED) is 0.683. The van der Waals surface area contributed by atoms with Gasteiger partial charge in [0, 0.05) is 31.7 Å². The first-order valence-electron chi connectivity index (χ1n) is 8.68. The van der Waals surface area contributed by atoms with Crippen LogP contribution in [-0.4, -0.2) is 5.91 Å². The summed E-state index contributed by atoms with van der Waals surface area (Å²) in [5, 5.41) is 2.95. The first-order valence-corrected chi connectivity index (χ1v) is 8.68. The fourth-order valence-corrected chi connectivity index (χ4v) is 2.72. The topological polar surface area (TPSA) is 42.2 Å². The molecule has 0 fully saturated rings. The Labute approximate surface area is 154 Å². The summed E-state index contributed by atoms with van der Waals surface area (Å²) in [6.45, 7) is 4.40. The second-order valence-electron chi connectivity index (χ2n) is 6.21. The van der Waals surface area contributed by atoms with E-state index in [2.05, 4.69) is 5.32 Å². The van der Waals surface area contributed by atoms with Crippen LogP contribution in [-0.2, 0) is 11.4 Å². The Morgan fingerprint density at radius 3 is 2.38 bits per heavy atom. The van der Waals surface area contributed by atoms with Crippen LogP contribution in [0.25, 0.3) is 0 Å². The van der Waals surface area contributed by atoms with Gasteiger partial charge in [-0.2, -0.15) is 4.57 Å². The van der Waals surface area contributed by atoms with Crippen molar-refractivity contribution in [2.24, 2.45) is 0 Å². The fourth-order valence-electron chi connectivity index (χ4n) is 2.72. The molecule has 26 heavy (non-hydrogen) atoms. The smallest absolute Gasteiger partial charge is 0.293 e. The number of nitrogens with one attached hydrogen (secondary N) is 1. The Kier molecular flexibility index (Phi) is 5.64. The minimum atomic E-state index is -0.287. The number of ether oxygens (including phenoxy) is 1. The van der Waals surface area contributed by atoms with Gasteiger partial charge in [0.25, 0.3) is 5.91 Å². The molecule has 1 heterocycles.